The van der Waals surface area contributed by atoms with E-state index in [-0.39, 0.29) is 6.10 Å². The molecular weight excluding hydrogens is 190 g/mol. The van der Waals surface area contributed by atoms with Crippen molar-refractivity contribution in [2.24, 2.45) is 0 Å². The summed E-state index contributed by atoms with van der Waals surface area (Å²) in [6.07, 6.45) is 1.35. The fraction of sp³-hybridized carbons (Fsp3) is 0.500. The Morgan fingerprint density at radius 1 is 1.33 bits per heavy atom. The molecule has 0 spiro atoms. The lowest BCUT2D eigenvalue weighted by atomic mass is 10.2. The molecule has 0 radical (unpaired) electrons. The molecule has 1 heterocycles. The van der Waals surface area contributed by atoms with Crippen molar-refractivity contribution >= 4 is 0 Å². The Kier molecular flexibility index (Phi) is 3.11. The minimum Gasteiger partial charge on any atom is -0.493 e. The molecule has 1 aromatic carbocycles. The van der Waals surface area contributed by atoms with Gasteiger partial charge >= 0.3 is 0 Å². The van der Waals surface area contributed by atoms with Gasteiger partial charge in [0.05, 0.1) is 7.11 Å². The summed E-state index contributed by atoms with van der Waals surface area (Å²) in [7, 11) is 1.68. The molecular formula is C12H17NO2. The Hall–Kier alpha value is -1.22. The predicted molar refractivity (Wildman–Crippen MR) is 59.6 cm³/mol. The molecule has 1 aliphatic rings. The molecule has 0 aromatic heterocycles. The van der Waals surface area contributed by atoms with Crippen LogP contribution in [0.2, 0.25) is 0 Å². The number of aryl methyl sites for hydroxylation is 1. The summed E-state index contributed by atoms with van der Waals surface area (Å²) in [5, 5.41) is 3.28. The average molecular weight is 207 g/mol. The highest BCUT2D eigenvalue weighted by Crippen LogP contribution is 2.29. The SMILES string of the molecule is COc1cc(C)ccc1OC1CCNC1. The molecule has 0 bridgehead atoms. The zero-order valence-electron chi connectivity index (χ0n) is 9.25. The van der Waals surface area contributed by atoms with E-state index < -0.39 is 0 Å². The summed E-state index contributed by atoms with van der Waals surface area (Å²) < 4.78 is 11.2. The smallest absolute Gasteiger partial charge is 0.161 e. The minimum atomic E-state index is 0.279. The van der Waals surface area contributed by atoms with Gasteiger partial charge in [-0.1, -0.05) is 6.07 Å². The predicted octanol–water partition coefficient (Wildman–Crippen LogP) is 1.74. The van der Waals surface area contributed by atoms with Crippen molar-refractivity contribution in [2.45, 2.75) is 19.4 Å². The Balaban J connectivity index is 2.12. The Morgan fingerprint density at radius 3 is 2.87 bits per heavy atom. The molecule has 82 valence electrons. The van der Waals surface area contributed by atoms with E-state index in [1.807, 2.05) is 25.1 Å². The Bertz CT molecular complexity index is 332. The first-order valence-corrected chi connectivity index (χ1v) is 5.31. The molecule has 0 amide bonds. The van der Waals surface area contributed by atoms with Crippen molar-refractivity contribution in [2.75, 3.05) is 20.2 Å². The Labute approximate surface area is 90.4 Å². The van der Waals surface area contributed by atoms with Crippen LogP contribution in [0.1, 0.15) is 12.0 Å². The molecule has 3 heteroatoms. The summed E-state index contributed by atoms with van der Waals surface area (Å²) in [5.41, 5.74) is 1.18. The third-order valence-electron chi connectivity index (χ3n) is 2.63. The van der Waals surface area contributed by atoms with Gasteiger partial charge in [-0.15, -0.1) is 0 Å². The highest BCUT2D eigenvalue weighted by molar-refractivity contribution is 5.42. The number of nitrogens with one attached hydrogen (secondary N) is 1. The van der Waals surface area contributed by atoms with E-state index in [2.05, 4.69) is 5.32 Å². The summed E-state index contributed by atoms with van der Waals surface area (Å²) in [6.45, 7) is 4.01. The van der Waals surface area contributed by atoms with E-state index in [4.69, 9.17) is 9.47 Å². The topological polar surface area (TPSA) is 30.5 Å². The first kappa shape index (κ1) is 10.3. The van der Waals surface area contributed by atoms with E-state index in [9.17, 15) is 0 Å². The number of rotatable bonds is 3. The fourth-order valence-corrected chi connectivity index (χ4v) is 1.78. The standard InChI is InChI=1S/C12H17NO2/c1-9-3-4-11(12(7-9)14-2)15-10-5-6-13-8-10/h3-4,7,10,13H,5-6,8H2,1-2H3. The van der Waals surface area contributed by atoms with Crippen molar-refractivity contribution in [1.29, 1.82) is 0 Å². The monoisotopic (exact) mass is 207 g/mol. The number of hydrogen-bond donors (Lipinski definition) is 1. The highest BCUT2D eigenvalue weighted by Gasteiger charge is 2.17. The van der Waals surface area contributed by atoms with Crippen LogP contribution in [0.5, 0.6) is 11.5 Å². The van der Waals surface area contributed by atoms with Crippen LogP contribution in [-0.2, 0) is 0 Å². The van der Waals surface area contributed by atoms with E-state index in [0.717, 1.165) is 31.0 Å². The maximum Gasteiger partial charge on any atom is 0.161 e. The lowest BCUT2D eigenvalue weighted by Crippen LogP contribution is -2.19. The van der Waals surface area contributed by atoms with Crippen LogP contribution in [0.15, 0.2) is 18.2 Å². The van der Waals surface area contributed by atoms with Gasteiger partial charge < -0.3 is 14.8 Å². The third-order valence-corrected chi connectivity index (χ3v) is 2.63. The molecule has 1 saturated heterocycles. The van der Waals surface area contributed by atoms with Crippen LogP contribution in [0.25, 0.3) is 0 Å². The maximum absolute atomic E-state index is 5.86. The van der Waals surface area contributed by atoms with Gasteiger partial charge in [0, 0.05) is 6.54 Å². The highest BCUT2D eigenvalue weighted by atomic mass is 16.5. The van der Waals surface area contributed by atoms with Crippen molar-refractivity contribution in [3.05, 3.63) is 23.8 Å². The average Bonchev–Trinajstić information content (AvgIpc) is 2.73. The molecule has 1 aliphatic heterocycles. The molecule has 0 aliphatic carbocycles. The first-order chi connectivity index (χ1) is 7.29. The zero-order valence-corrected chi connectivity index (χ0v) is 9.25. The van der Waals surface area contributed by atoms with Crippen LogP contribution >= 0.6 is 0 Å². The summed E-state index contributed by atoms with van der Waals surface area (Å²) in [5.74, 6) is 1.67. The summed E-state index contributed by atoms with van der Waals surface area (Å²) >= 11 is 0. The van der Waals surface area contributed by atoms with Crippen LogP contribution in [0, 0.1) is 6.92 Å². The number of benzene rings is 1. The fourth-order valence-electron chi connectivity index (χ4n) is 1.78. The molecule has 1 aromatic rings. The first-order valence-electron chi connectivity index (χ1n) is 5.31. The van der Waals surface area contributed by atoms with Gasteiger partial charge in [0.25, 0.3) is 0 Å². The lowest BCUT2D eigenvalue weighted by molar-refractivity contribution is 0.212. The van der Waals surface area contributed by atoms with Crippen LogP contribution in [0.3, 0.4) is 0 Å². The number of ether oxygens (including phenoxy) is 2. The van der Waals surface area contributed by atoms with Crippen LogP contribution in [0.4, 0.5) is 0 Å². The van der Waals surface area contributed by atoms with Crippen molar-refractivity contribution in [3.63, 3.8) is 0 Å². The summed E-state index contributed by atoms with van der Waals surface area (Å²) in [4.78, 5) is 0. The van der Waals surface area contributed by atoms with Gasteiger partial charge in [-0.3, -0.25) is 0 Å². The van der Waals surface area contributed by atoms with E-state index in [1.165, 1.54) is 5.56 Å². The van der Waals surface area contributed by atoms with Crippen LogP contribution < -0.4 is 14.8 Å². The van der Waals surface area contributed by atoms with Gasteiger partial charge in [-0.05, 0) is 37.6 Å². The molecule has 1 fully saturated rings. The second-order valence-corrected chi connectivity index (χ2v) is 3.89. The quantitative estimate of drug-likeness (QED) is 0.819. The van der Waals surface area contributed by atoms with E-state index in [0.29, 0.717) is 0 Å². The molecule has 0 saturated carbocycles. The van der Waals surface area contributed by atoms with Gasteiger partial charge in [0.1, 0.15) is 6.10 Å². The van der Waals surface area contributed by atoms with Crippen LogP contribution in [-0.4, -0.2) is 26.3 Å². The van der Waals surface area contributed by atoms with Gasteiger partial charge in [0.2, 0.25) is 0 Å². The molecule has 1 N–H and O–H groups in total. The second-order valence-electron chi connectivity index (χ2n) is 3.89. The van der Waals surface area contributed by atoms with Crippen molar-refractivity contribution < 1.29 is 9.47 Å². The van der Waals surface area contributed by atoms with Gasteiger partial charge in [0.15, 0.2) is 11.5 Å². The number of hydrogen-bond acceptors (Lipinski definition) is 3. The molecule has 1 unspecified atom stereocenters. The minimum absolute atomic E-state index is 0.279. The molecule has 3 nitrogen and oxygen atoms in total. The third kappa shape index (κ3) is 2.42. The summed E-state index contributed by atoms with van der Waals surface area (Å²) in [6, 6.07) is 6.02. The van der Waals surface area contributed by atoms with Gasteiger partial charge in [-0.25, -0.2) is 0 Å². The van der Waals surface area contributed by atoms with Gasteiger partial charge in [-0.2, -0.15) is 0 Å². The van der Waals surface area contributed by atoms with Crippen molar-refractivity contribution in [3.8, 4) is 11.5 Å². The van der Waals surface area contributed by atoms with E-state index >= 15 is 0 Å². The molecule has 2 rings (SSSR count). The maximum atomic E-state index is 5.86. The second kappa shape index (κ2) is 4.53. The Morgan fingerprint density at radius 2 is 2.20 bits per heavy atom. The molecule has 15 heavy (non-hydrogen) atoms. The molecule has 1 atom stereocenters. The largest absolute Gasteiger partial charge is 0.493 e. The zero-order chi connectivity index (χ0) is 10.7. The lowest BCUT2D eigenvalue weighted by Gasteiger charge is -2.15. The normalized spacial score (nSPS) is 20.3. The van der Waals surface area contributed by atoms with E-state index in [1.54, 1.807) is 7.11 Å². The number of methoxy groups -OCH3 is 1. The van der Waals surface area contributed by atoms with Crippen molar-refractivity contribution in [1.82, 2.24) is 5.32 Å².